The molecule has 0 spiro atoms. The molecule has 0 bridgehead atoms. The van der Waals surface area contributed by atoms with E-state index in [0.717, 1.165) is 6.54 Å². The molecule has 0 saturated carbocycles. The average Bonchev–Trinajstić information content (AvgIpc) is 3.14. The molecule has 0 radical (unpaired) electrons. The Morgan fingerprint density at radius 3 is 2.89 bits per heavy atom. The molecule has 2 unspecified atom stereocenters. The largest absolute Gasteiger partial charge is 0.507 e. The Morgan fingerprint density at radius 1 is 1.36 bits per heavy atom. The number of aliphatic hydroxyl groups is 1. The van der Waals surface area contributed by atoms with Crippen molar-refractivity contribution in [3.63, 3.8) is 0 Å². The lowest BCUT2D eigenvalue weighted by Crippen LogP contribution is -2.40. The smallest absolute Gasteiger partial charge is 0.196 e. The third kappa shape index (κ3) is 3.39. The van der Waals surface area contributed by atoms with E-state index < -0.39 is 6.10 Å². The van der Waals surface area contributed by atoms with Crippen molar-refractivity contribution < 1.29 is 23.8 Å². The van der Waals surface area contributed by atoms with Gasteiger partial charge in [-0.05, 0) is 39.1 Å². The first-order valence-electron chi connectivity index (χ1n) is 9.26. The van der Waals surface area contributed by atoms with E-state index in [9.17, 15) is 15.0 Å². The number of furan rings is 1. The maximum Gasteiger partial charge on any atom is 0.196 e. The molecule has 2 aromatic heterocycles. The zero-order valence-corrected chi connectivity index (χ0v) is 15.8. The van der Waals surface area contributed by atoms with E-state index in [-0.39, 0.29) is 34.7 Å². The van der Waals surface area contributed by atoms with E-state index in [1.165, 1.54) is 12.1 Å². The van der Waals surface area contributed by atoms with Gasteiger partial charge in [0, 0.05) is 30.2 Å². The number of β-amino-alcohol motifs (C(OH)–C–C–N with tert-alkyl or cyclic N) is 1. The molecular weight excluding hydrogens is 362 g/mol. The van der Waals surface area contributed by atoms with Crippen LogP contribution in [0.4, 0.5) is 0 Å². The maximum atomic E-state index is 12.5. The molecule has 2 atom stereocenters. The number of hydrogen-bond acceptors (Lipinski definition) is 7. The number of ether oxygens (including phenoxy) is 1. The first-order valence-corrected chi connectivity index (χ1v) is 9.26. The number of piperidine rings is 1. The molecule has 7 heteroatoms. The van der Waals surface area contributed by atoms with Gasteiger partial charge in [-0.2, -0.15) is 0 Å². The van der Waals surface area contributed by atoms with Crippen LogP contribution in [0.3, 0.4) is 0 Å². The van der Waals surface area contributed by atoms with E-state index in [0.29, 0.717) is 35.8 Å². The van der Waals surface area contributed by atoms with Crippen LogP contribution >= 0.6 is 0 Å². The van der Waals surface area contributed by atoms with Crippen molar-refractivity contribution in [3.8, 4) is 11.5 Å². The fraction of sp³-hybridized carbons (Fsp3) is 0.381. The normalized spacial score (nSPS) is 20.5. The molecule has 28 heavy (non-hydrogen) atoms. The Balaban J connectivity index is 1.88. The lowest BCUT2D eigenvalue weighted by Gasteiger charge is -2.34. The van der Waals surface area contributed by atoms with Crippen LogP contribution in [0.2, 0.25) is 0 Å². The number of phenolic OH excluding ortho intramolecular Hbond substituents is 1. The molecule has 3 heterocycles. The highest BCUT2D eigenvalue weighted by Crippen LogP contribution is 2.42. The number of hydrogen-bond donors (Lipinski definition) is 2. The number of rotatable bonds is 4. The molecule has 1 saturated heterocycles. The number of fused-ring (bicyclic) bond motifs is 1. The second-order valence-electron chi connectivity index (χ2n) is 7.33. The number of aryl methyl sites for hydroxylation is 1. The monoisotopic (exact) mass is 385 g/mol. The minimum Gasteiger partial charge on any atom is -0.507 e. The van der Waals surface area contributed by atoms with Crippen LogP contribution in [-0.2, 0) is 6.61 Å². The van der Waals surface area contributed by atoms with Crippen LogP contribution in [0.1, 0.15) is 29.4 Å². The van der Waals surface area contributed by atoms with Gasteiger partial charge >= 0.3 is 0 Å². The van der Waals surface area contributed by atoms with Crippen LogP contribution in [0.25, 0.3) is 11.0 Å². The summed E-state index contributed by atoms with van der Waals surface area (Å²) in [6.07, 6.45) is 1.58. The number of likely N-dealkylation sites (N-methyl/N-ethyl adjacent to an activating group) is 1. The van der Waals surface area contributed by atoms with E-state index in [4.69, 9.17) is 13.6 Å². The molecule has 3 aromatic rings. The van der Waals surface area contributed by atoms with Gasteiger partial charge in [-0.25, -0.2) is 0 Å². The highest BCUT2D eigenvalue weighted by Gasteiger charge is 2.33. The van der Waals surface area contributed by atoms with Crippen LogP contribution < -0.4 is 10.2 Å². The second kappa shape index (κ2) is 7.33. The van der Waals surface area contributed by atoms with Crippen molar-refractivity contribution in [1.29, 1.82) is 0 Å². The summed E-state index contributed by atoms with van der Waals surface area (Å²) in [4.78, 5) is 14.5. The molecule has 1 aliphatic rings. The third-order valence-electron chi connectivity index (χ3n) is 5.21. The number of phenols is 1. The standard InChI is InChI=1S/C21H23NO6/c1-12-8-15(23)20-16(24)9-18(27-11-13-4-3-7-26-13)19(21(20)28-12)14-5-6-22(2)10-17(14)25/h3-4,7-9,14,17,24-25H,5-6,10-11H2,1-2H3. The molecule has 1 aromatic carbocycles. The molecule has 7 nitrogen and oxygen atoms in total. The number of nitrogens with zero attached hydrogens (tertiary/aromatic N) is 1. The van der Waals surface area contributed by atoms with Gasteiger partial charge in [-0.3, -0.25) is 4.79 Å². The van der Waals surface area contributed by atoms with Gasteiger partial charge in [-0.15, -0.1) is 0 Å². The zero-order chi connectivity index (χ0) is 19.8. The number of benzene rings is 1. The summed E-state index contributed by atoms with van der Waals surface area (Å²) >= 11 is 0. The average molecular weight is 385 g/mol. The summed E-state index contributed by atoms with van der Waals surface area (Å²) < 4.78 is 17.1. The van der Waals surface area contributed by atoms with Crippen molar-refractivity contribution in [1.82, 2.24) is 4.90 Å². The third-order valence-corrected chi connectivity index (χ3v) is 5.21. The van der Waals surface area contributed by atoms with Gasteiger partial charge in [0.15, 0.2) is 5.43 Å². The SMILES string of the molecule is Cc1cc(=O)c2c(O)cc(OCc3ccco3)c(C3CCN(C)CC3O)c2o1. The van der Waals surface area contributed by atoms with Gasteiger partial charge in [0.2, 0.25) is 0 Å². The molecule has 0 amide bonds. The number of aromatic hydroxyl groups is 1. The molecular formula is C21H23NO6. The summed E-state index contributed by atoms with van der Waals surface area (Å²) in [5.41, 5.74) is 0.561. The fourth-order valence-electron chi connectivity index (χ4n) is 3.87. The molecule has 0 aliphatic carbocycles. The molecule has 148 valence electrons. The van der Waals surface area contributed by atoms with Gasteiger partial charge < -0.3 is 28.7 Å². The molecule has 4 rings (SSSR count). The lowest BCUT2D eigenvalue weighted by molar-refractivity contribution is 0.0626. The van der Waals surface area contributed by atoms with Crippen molar-refractivity contribution in [2.24, 2.45) is 0 Å². The summed E-state index contributed by atoms with van der Waals surface area (Å²) in [5, 5.41) is 21.3. The summed E-state index contributed by atoms with van der Waals surface area (Å²) in [5.74, 6) is 0.952. The Bertz CT molecular complexity index is 1040. The van der Waals surface area contributed by atoms with Crippen molar-refractivity contribution in [3.05, 3.63) is 57.8 Å². The van der Waals surface area contributed by atoms with Gasteiger partial charge in [-0.1, -0.05) is 0 Å². The second-order valence-corrected chi connectivity index (χ2v) is 7.33. The van der Waals surface area contributed by atoms with Crippen LogP contribution in [0, 0.1) is 6.92 Å². The minimum atomic E-state index is -0.650. The zero-order valence-electron chi connectivity index (χ0n) is 15.8. The fourth-order valence-corrected chi connectivity index (χ4v) is 3.87. The van der Waals surface area contributed by atoms with E-state index in [2.05, 4.69) is 4.90 Å². The Morgan fingerprint density at radius 2 is 2.18 bits per heavy atom. The lowest BCUT2D eigenvalue weighted by atomic mass is 9.85. The highest BCUT2D eigenvalue weighted by molar-refractivity contribution is 5.88. The van der Waals surface area contributed by atoms with Crippen LogP contribution in [0.5, 0.6) is 11.5 Å². The summed E-state index contributed by atoms with van der Waals surface area (Å²) in [7, 11) is 1.95. The number of aliphatic hydroxyl groups excluding tert-OH is 1. The predicted octanol–water partition coefficient (Wildman–Crippen LogP) is 2.76. The predicted molar refractivity (Wildman–Crippen MR) is 103 cm³/mol. The van der Waals surface area contributed by atoms with Crippen LogP contribution in [-0.4, -0.2) is 41.4 Å². The first kappa shape index (κ1) is 18.6. The molecule has 1 aliphatic heterocycles. The van der Waals surface area contributed by atoms with E-state index in [1.54, 1.807) is 25.3 Å². The number of likely N-dealkylation sites (tertiary alicyclic amines) is 1. The Hall–Kier alpha value is -2.77. The Kier molecular flexibility index (Phi) is 4.87. The van der Waals surface area contributed by atoms with Crippen molar-refractivity contribution in [2.45, 2.75) is 32.0 Å². The summed E-state index contributed by atoms with van der Waals surface area (Å²) in [6, 6.07) is 6.33. The van der Waals surface area contributed by atoms with Gasteiger partial charge in [0.1, 0.15) is 40.6 Å². The highest BCUT2D eigenvalue weighted by atomic mass is 16.5. The molecule has 1 fully saturated rings. The quantitative estimate of drug-likeness (QED) is 0.713. The van der Waals surface area contributed by atoms with Crippen molar-refractivity contribution in [2.75, 3.05) is 20.1 Å². The van der Waals surface area contributed by atoms with Gasteiger partial charge in [0.05, 0.1) is 12.4 Å². The van der Waals surface area contributed by atoms with Crippen molar-refractivity contribution >= 4 is 11.0 Å². The topological polar surface area (TPSA) is 96.3 Å². The minimum absolute atomic E-state index is 0.108. The summed E-state index contributed by atoms with van der Waals surface area (Å²) in [6.45, 7) is 3.13. The van der Waals surface area contributed by atoms with Crippen LogP contribution in [0.15, 0.2) is 44.2 Å². The van der Waals surface area contributed by atoms with Gasteiger partial charge in [0.25, 0.3) is 0 Å². The molecule has 2 N–H and O–H groups in total. The van der Waals surface area contributed by atoms with E-state index in [1.807, 2.05) is 7.05 Å². The van der Waals surface area contributed by atoms with E-state index >= 15 is 0 Å². The first-order chi connectivity index (χ1) is 13.4. The maximum absolute atomic E-state index is 12.5. The Labute approximate surface area is 161 Å².